The Bertz CT molecular complexity index is 1120. The Labute approximate surface area is 195 Å². The van der Waals surface area contributed by atoms with Gasteiger partial charge in [-0.2, -0.15) is 0 Å². The molecule has 1 aliphatic heterocycles. The zero-order chi connectivity index (χ0) is 23.2. The molecule has 4 rings (SSSR count). The maximum Gasteiger partial charge on any atom is 0.323 e. The molecular weight excluding hydrogens is 412 g/mol. The van der Waals surface area contributed by atoms with Crippen molar-refractivity contribution in [3.8, 4) is 0 Å². The Morgan fingerprint density at radius 2 is 1.58 bits per heavy atom. The van der Waals surface area contributed by atoms with Gasteiger partial charge in [0.1, 0.15) is 0 Å². The van der Waals surface area contributed by atoms with Gasteiger partial charge in [-0.1, -0.05) is 48.5 Å². The number of urea groups is 1. The summed E-state index contributed by atoms with van der Waals surface area (Å²) in [6.07, 6.45) is 2.22. The summed E-state index contributed by atoms with van der Waals surface area (Å²) in [5.41, 5.74) is 4.80. The predicted molar refractivity (Wildman–Crippen MR) is 134 cm³/mol. The van der Waals surface area contributed by atoms with E-state index < -0.39 is 0 Å². The number of hydrogen-bond donors (Lipinski definition) is 3. The third kappa shape index (κ3) is 5.52. The van der Waals surface area contributed by atoms with E-state index in [2.05, 4.69) is 20.9 Å². The lowest BCUT2D eigenvalue weighted by molar-refractivity contribution is 0.0940. The number of rotatable bonds is 6. The van der Waals surface area contributed by atoms with E-state index in [4.69, 9.17) is 0 Å². The van der Waals surface area contributed by atoms with Crippen LogP contribution in [0.2, 0.25) is 0 Å². The Morgan fingerprint density at radius 1 is 0.879 bits per heavy atom. The van der Waals surface area contributed by atoms with Gasteiger partial charge in [0.25, 0.3) is 5.91 Å². The van der Waals surface area contributed by atoms with Crippen molar-refractivity contribution in [3.63, 3.8) is 0 Å². The van der Waals surface area contributed by atoms with Crippen LogP contribution in [0.1, 0.15) is 47.3 Å². The minimum Gasteiger partial charge on any atom is -0.371 e. The van der Waals surface area contributed by atoms with Crippen molar-refractivity contribution in [2.24, 2.45) is 0 Å². The number of nitrogens with one attached hydrogen (secondary N) is 3. The molecule has 6 nitrogen and oxygen atoms in total. The van der Waals surface area contributed by atoms with Crippen molar-refractivity contribution in [2.45, 2.75) is 32.7 Å². The minimum absolute atomic E-state index is 0.133. The SMILES string of the molecule is Cc1ccccc1NC(=O)Nc1ccc(N2CCCC2)c(C(=O)NC(C)c2ccccc2)c1. The van der Waals surface area contributed by atoms with E-state index in [1.54, 1.807) is 6.07 Å². The van der Waals surface area contributed by atoms with Crippen LogP contribution in [0.4, 0.5) is 21.9 Å². The molecule has 1 saturated heterocycles. The lowest BCUT2D eigenvalue weighted by Gasteiger charge is -2.23. The molecule has 6 heteroatoms. The third-order valence-corrected chi connectivity index (χ3v) is 5.99. The van der Waals surface area contributed by atoms with Gasteiger partial charge in [-0.05, 0) is 62.1 Å². The second kappa shape index (κ2) is 10.2. The fraction of sp³-hybridized carbons (Fsp3) is 0.259. The smallest absolute Gasteiger partial charge is 0.323 e. The summed E-state index contributed by atoms with van der Waals surface area (Å²) >= 11 is 0. The molecule has 1 heterocycles. The van der Waals surface area contributed by atoms with Gasteiger partial charge in [-0.25, -0.2) is 4.79 Å². The first-order chi connectivity index (χ1) is 16.0. The number of nitrogens with zero attached hydrogens (tertiary/aromatic N) is 1. The quantitative estimate of drug-likeness (QED) is 0.456. The van der Waals surface area contributed by atoms with Crippen LogP contribution in [0.5, 0.6) is 0 Å². The van der Waals surface area contributed by atoms with Gasteiger partial charge in [0, 0.05) is 30.2 Å². The second-order valence-corrected chi connectivity index (χ2v) is 8.43. The van der Waals surface area contributed by atoms with Gasteiger partial charge >= 0.3 is 6.03 Å². The van der Waals surface area contributed by atoms with Gasteiger partial charge in [-0.15, -0.1) is 0 Å². The topological polar surface area (TPSA) is 73.5 Å². The summed E-state index contributed by atoms with van der Waals surface area (Å²) in [4.78, 5) is 28.1. The fourth-order valence-electron chi connectivity index (χ4n) is 4.13. The zero-order valence-corrected chi connectivity index (χ0v) is 19.1. The highest BCUT2D eigenvalue weighted by Gasteiger charge is 2.22. The number of carbonyl (C=O) groups excluding carboxylic acids is 2. The van der Waals surface area contributed by atoms with Gasteiger partial charge in [0.15, 0.2) is 0 Å². The predicted octanol–water partition coefficient (Wildman–Crippen LogP) is 5.73. The summed E-state index contributed by atoms with van der Waals surface area (Å²) < 4.78 is 0. The lowest BCUT2D eigenvalue weighted by atomic mass is 10.1. The Hall–Kier alpha value is -3.80. The molecule has 1 aliphatic rings. The number of amides is 3. The Balaban J connectivity index is 1.54. The number of para-hydroxylation sites is 1. The van der Waals surface area contributed by atoms with E-state index in [0.29, 0.717) is 11.3 Å². The average molecular weight is 443 g/mol. The molecule has 0 aliphatic carbocycles. The van der Waals surface area contributed by atoms with Crippen LogP contribution >= 0.6 is 0 Å². The van der Waals surface area contributed by atoms with E-state index in [-0.39, 0.29) is 18.0 Å². The molecular formula is C27H30N4O2. The molecule has 1 unspecified atom stereocenters. The van der Waals surface area contributed by atoms with E-state index >= 15 is 0 Å². The number of aryl methyl sites for hydroxylation is 1. The standard InChI is InChI=1S/C27H30N4O2/c1-19-10-6-7-13-24(19)30-27(33)29-22-14-15-25(31-16-8-9-17-31)23(18-22)26(32)28-20(2)21-11-4-3-5-12-21/h3-7,10-15,18,20H,8-9,16-17H2,1-2H3,(H,28,32)(H2,29,30,33). The first kappa shape index (κ1) is 22.4. The summed E-state index contributed by atoms with van der Waals surface area (Å²) in [5, 5.41) is 8.85. The normalized spacial score (nSPS) is 13.9. The fourth-order valence-corrected chi connectivity index (χ4v) is 4.13. The lowest BCUT2D eigenvalue weighted by Crippen LogP contribution is -2.30. The average Bonchev–Trinajstić information content (AvgIpc) is 3.36. The molecule has 3 N–H and O–H groups in total. The molecule has 0 saturated carbocycles. The van der Waals surface area contributed by atoms with Crippen LogP contribution in [0.25, 0.3) is 0 Å². The zero-order valence-electron chi connectivity index (χ0n) is 19.1. The highest BCUT2D eigenvalue weighted by Crippen LogP contribution is 2.28. The molecule has 3 aromatic rings. The monoisotopic (exact) mass is 442 g/mol. The van der Waals surface area contributed by atoms with Gasteiger partial charge < -0.3 is 20.9 Å². The maximum absolute atomic E-state index is 13.3. The molecule has 33 heavy (non-hydrogen) atoms. The summed E-state index contributed by atoms with van der Waals surface area (Å²) in [7, 11) is 0. The van der Waals surface area contributed by atoms with E-state index in [0.717, 1.165) is 48.4 Å². The largest absolute Gasteiger partial charge is 0.371 e. The van der Waals surface area contributed by atoms with Crippen molar-refractivity contribution in [1.82, 2.24) is 5.32 Å². The Kier molecular flexibility index (Phi) is 6.93. The minimum atomic E-state index is -0.345. The molecule has 0 bridgehead atoms. The molecule has 170 valence electrons. The molecule has 0 spiro atoms. The maximum atomic E-state index is 13.3. The van der Waals surface area contributed by atoms with Crippen LogP contribution in [0, 0.1) is 6.92 Å². The van der Waals surface area contributed by atoms with Crippen molar-refractivity contribution in [3.05, 3.63) is 89.5 Å². The van der Waals surface area contributed by atoms with Crippen LogP contribution in [-0.2, 0) is 0 Å². The Morgan fingerprint density at radius 3 is 2.30 bits per heavy atom. The molecule has 0 aromatic heterocycles. The molecule has 3 aromatic carbocycles. The van der Waals surface area contributed by atoms with Gasteiger partial charge in [-0.3, -0.25) is 4.79 Å². The van der Waals surface area contributed by atoms with Crippen molar-refractivity contribution in [1.29, 1.82) is 0 Å². The molecule has 0 radical (unpaired) electrons. The number of carbonyl (C=O) groups is 2. The van der Waals surface area contributed by atoms with Gasteiger partial charge in [0.05, 0.1) is 11.6 Å². The second-order valence-electron chi connectivity index (χ2n) is 8.43. The molecule has 1 atom stereocenters. The first-order valence-electron chi connectivity index (χ1n) is 11.4. The van der Waals surface area contributed by atoms with Crippen molar-refractivity contribution >= 4 is 29.0 Å². The van der Waals surface area contributed by atoms with Crippen LogP contribution in [0.3, 0.4) is 0 Å². The first-order valence-corrected chi connectivity index (χ1v) is 11.4. The highest BCUT2D eigenvalue weighted by molar-refractivity contribution is 6.04. The van der Waals surface area contributed by atoms with E-state index in [1.165, 1.54) is 0 Å². The van der Waals surface area contributed by atoms with E-state index in [1.807, 2.05) is 80.6 Å². The summed E-state index contributed by atoms with van der Waals surface area (Å²) in [6, 6.07) is 22.6. The van der Waals surface area contributed by atoms with E-state index in [9.17, 15) is 9.59 Å². The van der Waals surface area contributed by atoms with Crippen molar-refractivity contribution < 1.29 is 9.59 Å². The van der Waals surface area contributed by atoms with Crippen LogP contribution < -0.4 is 20.9 Å². The number of hydrogen-bond acceptors (Lipinski definition) is 3. The summed E-state index contributed by atoms with van der Waals surface area (Å²) in [6.45, 7) is 5.77. The van der Waals surface area contributed by atoms with Crippen molar-refractivity contribution in [2.75, 3.05) is 28.6 Å². The molecule has 1 fully saturated rings. The van der Waals surface area contributed by atoms with Crippen LogP contribution in [-0.4, -0.2) is 25.0 Å². The summed E-state index contributed by atoms with van der Waals surface area (Å²) in [5.74, 6) is -0.156. The molecule has 3 amide bonds. The highest BCUT2D eigenvalue weighted by atomic mass is 16.2. The third-order valence-electron chi connectivity index (χ3n) is 5.99. The van der Waals surface area contributed by atoms with Crippen LogP contribution in [0.15, 0.2) is 72.8 Å². The number of anilines is 3. The van der Waals surface area contributed by atoms with Gasteiger partial charge in [0.2, 0.25) is 0 Å². The number of benzene rings is 3.